The maximum absolute atomic E-state index is 14.2. The molecular weight excluding hydrogens is 361 g/mol. The molecule has 1 aliphatic rings. The van der Waals surface area contributed by atoms with Gasteiger partial charge in [-0.1, -0.05) is 18.2 Å². The van der Waals surface area contributed by atoms with E-state index < -0.39 is 0 Å². The summed E-state index contributed by atoms with van der Waals surface area (Å²) in [6, 6.07) is 10.2. The van der Waals surface area contributed by atoms with E-state index in [4.69, 9.17) is 9.15 Å². The Kier molecular flexibility index (Phi) is 5.45. The molecule has 6 nitrogen and oxygen atoms in total. The van der Waals surface area contributed by atoms with E-state index in [0.29, 0.717) is 23.4 Å². The summed E-state index contributed by atoms with van der Waals surface area (Å²) in [5.74, 6) is 0.281. The Morgan fingerprint density at radius 3 is 2.79 bits per heavy atom. The van der Waals surface area contributed by atoms with E-state index in [-0.39, 0.29) is 18.3 Å². The molecule has 3 heterocycles. The van der Waals surface area contributed by atoms with Gasteiger partial charge in [0.05, 0.1) is 25.3 Å². The fourth-order valence-corrected chi connectivity index (χ4v) is 3.56. The third-order valence-corrected chi connectivity index (χ3v) is 5.05. The van der Waals surface area contributed by atoms with Gasteiger partial charge in [-0.2, -0.15) is 0 Å². The van der Waals surface area contributed by atoms with Gasteiger partial charge in [-0.15, -0.1) is 0 Å². The lowest BCUT2D eigenvalue weighted by Gasteiger charge is -2.26. The number of nitrogens with zero attached hydrogens (tertiary/aromatic N) is 2. The summed E-state index contributed by atoms with van der Waals surface area (Å²) < 4.78 is 27.0. The van der Waals surface area contributed by atoms with Gasteiger partial charge >= 0.3 is 0 Å². The van der Waals surface area contributed by atoms with Crippen LogP contribution in [-0.4, -0.2) is 54.8 Å². The van der Waals surface area contributed by atoms with Gasteiger partial charge in [0.2, 0.25) is 0 Å². The number of ether oxygens (including phenoxy) is 1. The van der Waals surface area contributed by atoms with Crippen molar-refractivity contribution in [2.75, 3.05) is 39.4 Å². The molecule has 4 rings (SSSR count). The Hall–Kier alpha value is -2.64. The van der Waals surface area contributed by atoms with Crippen LogP contribution in [0.5, 0.6) is 0 Å². The SMILES string of the molecule is Cc1cc2c(cc(C(=O)NCCN3CCOCC3)n2Cc2ccccc2F)o1. The first-order chi connectivity index (χ1) is 13.6. The van der Waals surface area contributed by atoms with Crippen molar-refractivity contribution >= 4 is 17.0 Å². The van der Waals surface area contributed by atoms with Crippen LogP contribution < -0.4 is 5.32 Å². The molecule has 0 atom stereocenters. The van der Waals surface area contributed by atoms with Crippen LogP contribution in [0.1, 0.15) is 21.8 Å². The molecule has 0 spiro atoms. The van der Waals surface area contributed by atoms with Crippen LogP contribution in [0.4, 0.5) is 4.39 Å². The molecule has 1 aliphatic heterocycles. The topological polar surface area (TPSA) is 59.6 Å². The number of morpholine rings is 1. The number of fused-ring (bicyclic) bond motifs is 1. The number of hydrogen-bond acceptors (Lipinski definition) is 4. The molecule has 1 amide bonds. The third kappa shape index (κ3) is 3.95. The fraction of sp³-hybridized carbons (Fsp3) is 0.381. The Morgan fingerprint density at radius 1 is 1.21 bits per heavy atom. The van der Waals surface area contributed by atoms with Crippen LogP contribution in [0.2, 0.25) is 0 Å². The lowest BCUT2D eigenvalue weighted by atomic mass is 10.2. The molecule has 7 heteroatoms. The monoisotopic (exact) mass is 385 g/mol. The lowest BCUT2D eigenvalue weighted by molar-refractivity contribution is 0.0383. The molecule has 0 aliphatic carbocycles. The van der Waals surface area contributed by atoms with Crippen molar-refractivity contribution in [1.82, 2.24) is 14.8 Å². The summed E-state index contributed by atoms with van der Waals surface area (Å²) in [7, 11) is 0. The minimum Gasteiger partial charge on any atom is -0.460 e. The van der Waals surface area contributed by atoms with Gasteiger partial charge in [0.15, 0.2) is 5.58 Å². The zero-order valence-corrected chi connectivity index (χ0v) is 15.9. The summed E-state index contributed by atoms with van der Waals surface area (Å²) in [6.07, 6.45) is 0. The van der Waals surface area contributed by atoms with Crippen molar-refractivity contribution in [1.29, 1.82) is 0 Å². The number of aryl methyl sites for hydroxylation is 1. The van der Waals surface area contributed by atoms with E-state index in [1.54, 1.807) is 24.3 Å². The summed E-state index contributed by atoms with van der Waals surface area (Å²) in [5, 5.41) is 2.97. The number of rotatable bonds is 6. The van der Waals surface area contributed by atoms with Crippen molar-refractivity contribution in [2.45, 2.75) is 13.5 Å². The number of benzene rings is 1. The molecule has 3 aromatic rings. The van der Waals surface area contributed by atoms with E-state index in [0.717, 1.165) is 44.1 Å². The summed E-state index contributed by atoms with van der Waals surface area (Å²) >= 11 is 0. The van der Waals surface area contributed by atoms with E-state index in [2.05, 4.69) is 10.2 Å². The van der Waals surface area contributed by atoms with Crippen molar-refractivity contribution < 1.29 is 18.3 Å². The maximum Gasteiger partial charge on any atom is 0.268 e. The van der Waals surface area contributed by atoms with Crippen molar-refractivity contribution in [3.63, 3.8) is 0 Å². The molecule has 0 unspecified atom stereocenters. The zero-order chi connectivity index (χ0) is 19.5. The van der Waals surface area contributed by atoms with E-state index in [9.17, 15) is 9.18 Å². The number of furan rings is 1. The minimum absolute atomic E-state index is 0.186. The average Bonchev–Trinajstić information content (AvgIpc) is 3.21. The van der Waals surface area contributed by atoms with Gasteiger partial charge in [-0.05, 0) is 13.0 Å². The molecule has 0 saturated carbocycles. The molecule has 0 radical (unpaired) electrons. The minimum atomic E-state index is -0.289. The number of hydrogen-bond donors (Lipinski definition) is 1. The highest BCUT2D eigenvalue weighted by Crippen LogP contribution is 2.25. The Balaban J connectivity index is 1.53. The first-order valence-electron chi connectivity index (χ1n) is 9.53. The third-order valence-electron chi connectivity index (χ3n) is 5.05. The standard InChI is InChI=1S/C21H24FN3O3/c1-15-12-18-20(28-15)13-19(25(18)14-16-4-2-3-5-17(16)22)21(26)23-6-7-24-8-10-27-11-9-24/h2-5,12-13H,6-11,14H2,1H3,(H,23,26). The van der Waals surface area contributed by atoms with Gasteiger partial charge in [-0.3, -0.25) is 9.69 Å². The van der Waals surface area contributed by atoms with Crippen LogP contribution in [0, 0.1) is 12.7 Å². The fourth-order valence-electron chi connectivity index (χ4n) is 3.56. The molecule has 2 aromatic heterocycles. The number of aromatic nitrogens is 1. The van der Waals surface area contributed by atoms with Crippen LogP contribution in [0.3, 0.4) is 0 Å². The van der Waals surface area contributed by atoms with Crippen LogP contribution in [0.25, 0.3) is 11.1 Å². The second-order valence-corrected chi connectivity index (χ2v) is 7.02. The van der Waals surface area contributed by atoms with Crippen LogP contribution in [0.15, 0.2) is 40.8 Å². The Morgan fingerprint density at radius 2 is 2.00 bits per heavy atom. The van der Waals surface area contributed by atoms with Crippen LogP contribution >= 0.6 is 0 Å². The molecule has 0 bridgehead atoms. The Labute approximate surface area is 162 Å². The molecule has 1 fully saturated rings. The van der Waals surface area contributed by atoms with E-state index in [1.165, 1.54) is 6.07 Å². The lowest BCUT2D eigenvalue weighted by Crippen LogP contribution is -2.41. The van der Waals surface area contributed by atoms with Gasteiger partial charge in [0.25, 0.3) is 5.91 Å². The summed E-state index contributed by atoms with van der Waals surface area (Å²) in [6.45, 7) is 6.67. The summed E-state index contributed by atoms with van der Waals surface area (Å²) in [4.78, 5) is 15.1. The summed E-state index contributed by atoms with van der Waals surface area (Å²) in [5.41, 5.74) is 2.42. The van der Waals surface area contributed by atoms with Gasteiger partial charge in [-0.25, -0.2) is 4.39 Å². The van der Waals surface area contributed by atoms with Gasteiger partial charge < -0.3 is 19.0 Å². The molecule has 1 saturated heterocycles. The normalized spacial score (nSPS) is 15.2. The predicted octanol–water partition coefficient (Wildman–Crippen LogP) is 2.79. The average molecular weight is 385 g/mol. The number of halogens is 1. The highest BCUT2D eigenvalue weighted by molar-refractivity contribution is 5.97. The van der Waals surface area contributed by atoms with E-state index >= 15 is 0 Å². The molecule has 148 valence electrons. The van der Waals surface area contributed by atoms with Gasteiger partial charge in [0.1, 0.15) is 17.3 Å². The first-order valence-corrected chi connectivity index (χ1v) is 9.53. The quantitative estimate of drug-likeness (QED) is 0.709. The van der Waals surface area contributed by atoms with Crippen LogP contribution in [-0.2, 0) is 11.3 Å². The number of nitrogens with one attached hydrogen (secondary N) is 1. The molecule has 1 N–H and O–H groups in total. The maximum atomic E-state index is 14.2. The number of carbonyl (C=O) groups is 1. The molecule has 1 aromatic carbocycles. The Bertz CT molecular complexity index is 973. The zero-order valence-electron chi connectivity index (χ0n) is 15.9. The second kappa shape index (κ2) is 8.16. The highest BCUT2D eigenvalue weighted by atomic mass is 19.1. The van der Waals surface area contributed by atoms with Crippen molar-refractivity contribution in [3.8, 4) is 0 Å². The van der Waals surface area contributed by atoms with E-state index in [1.807, 2.05) is 17.6 Å². The molecular formula is C21H24FN3O3. The predicted molar refractivity (Wildman–Crippen MR) is 104 cm³/mol. The highest BCUT2D eigenvalue weighted by Gasteiger charge is 2.20. The smallest absolute Gasteiger partial charge is 0.268 e. The second-order valence-electron chi connectivity index (χ2n) is 7.02. The number of carbonyl (C=O) groups excluding carboxylic acids is 1. The molecule has 28 heavy (non-hydrogen) atoms. The van der Waals surface area contributed by atoms with Crippen molar-refractivity contribution in [3.05, 3.63) is 59.2 Å². The van der Waals surface area contributed by atoms with Crippen molar-refractivity contribution in [2.24, 2.45) is 0 Å². The van der Waals surface area contributed by atoms with Gasteiger partial charge in [0, 0.05) is 43.9 Å². The number of amides is 1. The largest absolute Gasteiger partial charge is 0.460 e. The first kappa shape index (κ1) is 18.7.